The van der Waals surface area contributed by atoms with E-state index in [9.17, 15) is 24.3 Å². The van der Waals surface area contributed by atoms with Gasteiger partial charge in [0.05, 0.1) is 12.1 Å². The van der Waals surface area contributed by atoms with Gasteiger partial charge in [0.2, 0.25) is 0 Å². The Bertz CT molecular complexity index is 1470. The van der Waals surface area contributed by atoms with Crippen molar-refractivity contribution in [2.24, 2.45) is 0 Å². The third-order valence-electron chi connectivity index (χ3n) is 6.18. The molecule has 1 heterocycles. The highest BCUT2D eigenvalue weighted by Crippen LogP contribution is 2.26. The van der Waals surface area contributed by atoms with Gasteiger partial charge in [-0.2, -0.15) is 0 Å². The lowest BCUT2D eigenvalue weighted by Gasteiger charge is -2.08. The molecule has 0 amide bonds. The largest absolute Gasteiger partial charge is 0.486 e. The first-order valence-corrected chi connectivity index (χ1v) is 12.2. The van der Waals surface area contributed by atoms with Crippen molar-refractivity contribution in [3.05, 3.63) is 90.1 Å². The number of carboxylic acids is 2. The minimum atomic E-state index is -1.12. The van der Waals surface area contributed by atoms with Crippen LogP contribution >= 0.6 is 0 Å². The van der Waals surface area contributed by atoms with E-state index in [0.717, 1.165) is 11.1 Å². The standard InChI is InChI=1S/C30H27NO7/c32-23(19-38-24-13-10-21(11-14-24)20-6-2-1-3-7-20)17-31-18-26(28(33)8-4-5-9-29(34)35)25-16-22(30(36)37)12-15-27(25)31/h1-3,6-7,10-16,18H,4-5,8-9,17,19H2,(H,34,35)(H,36,37). The summed E-state index contributed by atoms with van der Waals surface area (Å²) >= 11 is 0. The van der Waals surface area contributed by atoms with Crippen molar-refractivity contribution < 1.29 is 34.1 Å². The van der Waals surface area contributed by atoms with Crippen molar-refractivity contribution in [3.63, 3.8) is 0 Å². The minimum absolute atomic E-state index is 0.0261. The quantitative estimate of drug-likeness (QED) is 0.179. The van der Waals surface area contributed by atoms with Crippen LogP contribution in [0, 0.1) is 0 Å². The highest BCUT2D eigenvalue weighted by molar-refractivity contribution is 6.09. The summed E-state index contributed by atoms with van der Waals surface area (Å²) in [6, 6.07) is 21.8. The number of aromatic nitrogens is 1. The third kappa shape index (κ3) is 6.53. The topological polar surface area (TPSA) is 123 Å². The Balaban J connectivity index is 1.45. The lowest BCUT2D eigenvalue weighted by Crippen LogP contribution is -2.17. The van der Waals surface area contributed by atoms with Gasteiger partial charge in [0, 0.05) is 35.5 Å². The number of nitrogens with zero attached hydrogens (tertiary/aromatic N) is 1. The van der Waals surface area contributed by atoms with Crippen LogP contribution in [-0.4, -0.2) is 44.9 Å². The number of aliphatic carboxylic acids is 1. The summed E-state index contributed by atoms with van der Waals surface area (Å²) in [6.45, 7) is -0.229. The Morgan fingerprint density at radius 3 is 2.16 bits per heavy atom. The molecule has 0 saturated carbocycles. The Morgan fingerprint density at radius 2 is 1.47 bits per heavy atom. The van der Waals surface area contributed by atoms with Gasteiger partial charge in [-0.1, -0.05) is 42.5 Å². The molecule has 3 aromatic carbocycles. The number of hydrogen-bond acceptors (Lipinski definition) is 5. The fraction of sp³-hybridized carbons (Fsp3) is 0.200. The van der Waals surface area contributed by atoms with Gasteiger partial charge in [-0.3, -0.25) is 14.4 Å². The summed E-state index contributed by atoms with van der Waals surface area (Å²) in [7, 11) is 0. The van der Waals surface area contributed by atoms with Crippen molar-refractivity contribution in [2.75, 3.05) is 6.61 Å². The molecular formula is C30H27NO7. The number of fused-ring (bicyclic) bond motifs is 1. The second kappa shape index (κ2) is 12.0. The number of carboxylic acid groups (broad SMARTS) is 2. The van der Waals surface area contributed by atoms with Gasteiger partial charge in [0.15, 0.2) is 11.6 Å². The van der Waals surface area contributed by atoms with Gasteiger partial charge in [-0.25, -0.2) is 4.79 Å². The van der Waals surface area contributed by atoms with Gasteiger partial charge in [0.25, 0.3) is 0 Å². The number of Topliss-reactive ketones (excluding diaryl/α,β-unsaturated/α-hetero) is 2. The van der Waals surface area contributed by atoms with Crippen LogP contribution < -0.4 is 4.74 Å². The molecule has 0 fully saturated rings. The number of ether oxygens (including phenoxy) is 1. The SMILES string of the molecule is O=C(O)CCCCC(=O)c1cn(CC(=O)COc2ccc(-c3ccccc3)cc2)c2ccc(C(=O)O)cc12. The molecule has 8 nitrogen and oxygen atoms in total. The molecule has 1 aromatic heterocycles. The number of rotatable bonds is 13. The van der Waals surface area contributed by atoms with Crippen LogP contribution in [-0.2, 0) is 16.1 Å². The summed E-state index contributed by atoms with van der Waals surface area (Å²) in [5.74, 6) is -1.95. The van der Waals surface area contributed by atoms with E-state index in [0.29, 0.717) is 35.1 Å². The normalized spacial score (nSPS) is 10.8. The zero-order valence-electron chi connectivity index (χ0n) is 20.6. The van der Waals surface area contributed by atoms with Crippen LogP contribution in [0.2, 0.25) is 0 Å². The van der Waals surface area contributed by atoms with Crippen LogP contribution in [0.25, 0.3) is 22.0 Å². The second-order valence-corrected chi connectivity index (χ2v) is 8.95. The van der Waals surface area contributed by atoms with Crippen LogP contribution in [0.3, 0.4) is 0 Å². The first-order chi connectivity index (χ1) is 18.3. The van der Waals surface area contributed by atoms with Crippen molar-refractivity contribution in [1.29, 1.82) is 0 Å². The van der Waals surface area contributed by atoms with Gasteiger partial charge >= 0.3 is 11.9 Å². The molecule has 4 rings (SSSR count). The molecule has 0 spiro atoms. The highest BCUT2D eigenvalue weighted by Gasteiger charge is 2.18. The number of hydrogen-bond donors (Lipinski definition) is 2. The van der Waals surface area contributed by atoms with Gasteiger partial charge < -0.3 is 19.5 Å². The maximum absolute atomic E-state index is 12.9. The van der Waals surface area contributed by atoms with E-state index in [-0.39, 0.29) is 43.1 Å². The molecule has 4 aromatic rings. The molecule has 38 heavy (non-hydrogen) atoms. The van der Waals surface area contributed by atoms with E-state index in [2.05, 4.69) is 0 Å². The summed E-state index contributed by atoms with van der Waals surface area (Å²) in [4.78, 5) is 47.9. The van der Waals surface area contributed by atoms with E-state index in [1.54, 1.807) is 29.0 Å². The molecule has 0 aliphatic rings. The second-order valence-electron chi connectivity index (χ2n) is 8.95. The predicted octanol–water partition coefficient (Wildman–Crippen LogP) is 5.48. The molecule has 8 heteroatoms. The molecular weight excluding hydrogens is 486 g/mol. The fourth-order valence-corrected chi connectivity index (χ4v) is 4.25. The van der Waals surface area contributed by atoms with Gasteiger partial charge in [-0.15, -0.1) is 0 Å². The summed E-state index contributed by atoms with van der Waals surface area (Å²) < 4.78 is 7.30. The van der Waals surface area contributed by atoms with Crippen molar-refractivity contribution >= 4 is 34.4 Å². The summed E-state index contributed by atoms with van der Waals surface area (Å²) in [5, 5.41) is 18.6. The van der Waals surface area contributed by atoms with Crippen molar-refractivity contribution in [1.82, 2.24) is 4.57 Å². The summed E-state index contributed by atoms with van der Waals surface area (Å²) in [6.07, 6.45) is 2.41. The van der Waals surface area contributed by atoms with Crippen molar-refractivity contribution in [3.8, 4) is 16.9 Å². The van der Waals surface area contributed by atoms with Crippen LogP contribution in [0.4, 0.5) is 0 Å². The van der Waals surface area contributed by atoms with E-state index in [4.69, 9.17) is 9.84 Å². The van der Waals surface area contributed by atoms with E-state index >= 15 is 0 Å². The first-order valence-electron chi connectivity index (χ1n) is 12.2. The minimum Gasteiger partial charge on any atom is -0.486 e. The van der Waals surface area contributed by atoms with Crippen LogP contribution in [0.5, 0.6) is 5.75 Å². The van der Waals surface area contributed by atoms with Gasteiger partial charge in [0.1, 0.15) is 12.4 Å². The number of benzene rings is 3. The highest BCUT2D eigenvalue weighted by atomic mass is 16.5. The number of unbranched alkanes of at least 4 members (excludes halogenated alkanes) is 1. The molecule has 194 valence electrons. The number of ketones is 2. The van der Waals surface area contributed by atoms with E-state index < -0.39 is 11.9 Å². The van der Waals surface area contributed by atoms with Crippen molar-refractivity contribution in [2.45, 2.75) is 32.2 Å². The zero-order chi connectivity index (χ0) is 27.1. The van der Waals surface area contributed by atoms with Crippen LogP contribution in [0.15, 0.2) is 79.0 Å². The fourth-order valence-electron chi connectivity index (χ4n) is 4.25. The smallest absolute Gasteiger partial charge is 0.335 e. The lowest BCUT2D eigenvalue weighted by molar-refractivity contribution is -0.137. The van der Waals surface area contributed by atoms with E-state index in [1.807, 2.05) is 42.5 Å². The molecule has 0 aliphatic carbocycles. The molecule has 0 atom stereocenters. The number of carbonyl (C=O) groups excluding carboxylic acids is 2. The van der Waals surface area contributed by atoms with Crippen LogP contribution in [0.1, 0.15) is 46.4 Å². The molecule has 0 unspecified atom stereocenters. The number of aromatic carboxylic acids is 1. The molecule has 0 radical (unpaired) electrons. The summed E-state index contributed by atoms with van der Waals surface area (Å²) in [5.41, 5.74) is 3.01. The molecule has 0 saturated heterocycles. The average molecular weight is 514 g/mol. The molecule has 0 bridgehead atoms. The maximum Gasteiger partial charge on any atom is 0.335 e. The average Bonchev–Trinajstić information content (AvgIpc) is 3.28. The number of carbonyl (C=O) groups is 4. The molecule has 2 N–H and O–H groups in total. The Kier molecular flexibility index (Phi) is 8.33. The Labute approximate surface area is 219 Å². The zero-order valence-corrected chi connectivity index (χ0v) is 20.6. The Hall–Kier alpha value is -4.72. The van der Waals surface area contributed by atoms with E-state index in [1.165, 1.54) is 12.1 Å². The molecule has 0 aliphatic heterocycles. The monoisotopic (exact) mass is 513 g/mol. The first kappa shape index (κ1) is 26.3. The Morgan fingerprint density at radius 1 is 0.789 bits per heavy atom. The third-order valence-corrected chi connectivity index (χ3v) is 6.18. The maximum atomic E-state index is 12.9. The lowest BCUT2D eigenvalue weighted by atomic mass is 10.0. The van der Waals surface area contributed by atoms with Gasteiger partial charge in [-0.05, 0) is 54.3 Å². The predicted molar refractivity (Wildman–Crippen MR) is 142 cm³/mol.